The van der Waals surface area contributed by atoms with Gasteiger partial charge in [-0.15, -0.1) is 0 Å². The summed E-state index contributed by atoms with van der Waals surface area (Å²) in [5.74, 6) is -0.644. The number of unbranched alkanes of at least 4 members (excludes halogenated alkanes) is 6. The van der Waals surface area contributed by atoms with Crippen molar-refractivity contribution in [3.8, 4) is 0 Å². The van der Waals surface area contributed by atoms with Crippen molar-refractivity contribution in [1.29, 1.82) is 0 Å². The number of hydrogen-bond acceptors (Lipinski definition) is 5. The summed E-state index contributed by atoms with van der Waals surface area (Å²) < 4.78 is 25.6. The quantitative estimate of drug-likeness (QED) is 0.350. The van der Waals surface area contributed by atoms with Gasteiger partial charge in [0.15, 0.2) is 0 Å². The summed E-state index contributed by atoms with van der Waals surface area (Å²) in [5.41, 5.74) is 1.26. The molecule has 0 bridgehead atoms. The Bertz CT molecular complexity index is 937. The molecular formula is C27H43N3O4S. The summed E-state index contributed by atoms with van der Waals surface area (Å²) in [6.45, 7) is 3.61. The van der Waals surface area contributed by atoms with Gasteiger partial charge in [-0.1, -0.05) is 63.6 Å². The summed E-state index contributed by atoms with van der Waals surface area (Å²) in [6.07, 6.45) is 11.4. The third-order valence-electron chi connectivity index (χ3n) is 7.53. The molecule has 2 amide bonds. The van der Waals surface area contributed by atoms with Gasteiger partial charge < -0.3 is 9.80 Å². The fourth-order valence-corrected chi connectivity index (χ4v) is 6.97. The van der Waals surface area contributed by atoms with Gasteiger partial charge in [0.1, 0.15) is 0 Å². The molecule has 3 rings (SSSR count). The van der Waals surface area contributed by atoms with Gasteiger partial charge in [-0.05, 0) is 37.8 Å². The van der Waals surface area contributed by atoms with E-state index in [1.165, 1.54) is 31.4 Å². The smallest absolute Gasteiger partial charge is 0.241 e. The number of anilines is 1. The average molecular weight is 506 g/mol. The highest BCUT2D eigenvalue weighted by Gasteiger charge is 2.56. The Morgan fingerprint density at radius 2 is 1.66 bits per heavy atom. The molecule has 2 aliphatic heterocycles. The molecular weight excluding hydrogens is 462 g/mol. The molecule has 35 heavy (non-hydrogen) atoms. The minimum absolute atomic E-state index is 0.0747. The molecule has 0 spiro atoms. The highest BCUT2D eigenvalue weighted by molar-refractivity contribution is 7.88. The largest absolute Gasteiger partial charge is 0.375 e. The number of hydrogen-bond donors (Lipinski definition) is 0. The number of carbonyl (C=O) groups excluding carboxylic acids is 2. The number of carbonyl (C=O) groups is 2. The van der Waals surface area contributed by atoms with Crippen LogP contribution < -0.4 is 4.90 Å². The second-order valence-corrected chi connectivity index (χ2v) is 12.1. The Labute approximate surface area is 211 Å². The second-order valence-electron chi connectivity index (χ2n) is 10.2. The normalized spacial score (nSPS) is 22.0. The van der Waals surface area contributed by atoms with Crippen molar-refractivity contribution in [2.75, 3.05) is 31.3 Å². The van der Waals surface area contributed by atoms with Gasteiger partial charge in [-0.3, -0.25) is 9.59 Å². The van der Waals surface area contributed by atoms with Gasteiger partial charge in [-0.2, -0.15) is 0 Å². The van der Waals surface area contributed by atoms with E-state index < -0.39 is 15.9 Å². The number of para-hydroxylation sites is 1. The average Bonchev–Trinajstić information content (AvgIpc) is 3.36. The Balaban J connectivity index is 1.34. The third-order valence-corrected chi connectivity index (χ3v) is 8.69. The lowest BCUT2D eigenvalue weighted by atomic mass is 9.94. The van der Waals surface area contributed by atoms with Crippen molar-refractivity contribution in [2.45, 2.75) is 89.6 Å². The molecule has 2 fully saturated rings. The monoisotopic (exact) mass is 505 g/mol. The van der Waals surface area contributed by atoms with Crippen LogP contribution in [-0.2, 0) is 19.6 Å². The molecule has 2 aliphatic rings. The molecule has 0 saturated carbocycles. The molecule has 196 valence electrons. The molecule has 7 nitrogen and oxygen atoms in total. The predicted octanol–water partition coefficient (Wildman–Crippen LogP) is 4.43. The molecule has 0 N–H and O–H groups in total. The maximum atomic E-state index is 13.0. The maximum absolute atomic E-state index is 13.0. The van der Waals surface area contributed by atoms with Gasteiger partial charge in [0, 0.05) is 32.2 Å². The first-order valence-corrected chi connectivity index (χ1v) is 15.2. The summed E-state index contributed by atoms with van der Waals surface area (Å²) in [5, 5.41) is 0. The lowest BCUT2D eigenvalue weighted by Crippen LogP contribution is -2.43. The minimum Gasteiger partial charge on any atom is -0.375 e. The van der Waals surface area contributed by atoms with Crippen LogP contribution in [0.15, 0.2) is 30.3 Å². The summed E-state index contributed by atoms with van der Waals surface area (Å²) in [6, 6.07) is 9.77. The van der Waals surface area contributed by atoms with Crippen molar-refractivity contribution in [2.24, 2.45) is 5.92 Å². The maximum Gasteiger partial charge on any atom is 0.241 e. The van der Waals surface area contributed by atoms with Gasteiger partial charge in [0.05, 0.1) is 24.3 Å². The fraction of sp³-hybridized carbons (Fsp3) is 0.704. The van der Waals surface area contributed by atoms with E-state index in [4.69, 9.17) is 0 Å². The first kappa shape index (κ1) is 27.5. The number of rotatable bonds is 14. The standard InChI is InChI=1S/C27H43N3O4S/c1-4-15-23-26-24(30(27(23)32)35(3,33)34)19-21-29(26)25(31)18-13-8-6-5-7-9-14-20-28(2)22-16-11-10-12-17-22/h10-12,16-17,23-24,26H,4-9,13-15,18-21H2,1-3H3/t23-,24+,26-/m1/s1. The SMILES string of the molecule is CCC[C@H]1C(=O)N(S(C)(=O)=O)[C@H]2CCN(C(=O)CCCCCCCCCN(C)c3ccccc3)[C@H]12. The van der Waals surface area contributed by atoms with Gasteiger partial charge in [0.2, 0.25) is 21.8 Å². The minimum atomic E-state index is -3.62. The van der Waals surface area contributed by atoms with Gasteiger partial charge in [-0.25, -0.2) is 12.7 Å². The van der Waals surface area contributed by atoms with Crippen LogP contribution in [0.5, 0.6) is 0 Å². The predicted molar refractivity (Wildman–Crippen MR) is 141 cm³/mol. The number of nitrogens with zero attached hydrogens (tertiary/aromatic N) is 3. The molecule has 0 radical (unpaired) electrons. The van der Waals surface area contributed by atoms with Crippen molar-refractivity contribution < 1.29 is 18.0 Å². The zero-order chi connectivity index (χ0) is 25.4. The van der Waals surface area contributed by atoms with E-state index in [2.05, 4.69) is 36.2 Å². The van der Waals surface area contributed by atoms with Crippen LogP contribution in [0, 0.1) is 5.92 Å². The van der Waals surface area contributed by atoms with E-state index in [1.54, 1.807) is 0 Å². The van der Waals surface area contributed by atoms with Crippen LogP contribution in [0.2, 0.25) is 0 Å². The molecule has 0 aromatic heterocycles. The number of likely N-dealkylation sites (tertiary alicyclic amines) is 1. The summed E-state index contributed by atoms with van der Waals surface area (Å²) in [4.78, 5) is 30.0. The Morgan fingerprint density at radius 1 is 1.03 bits per heavy atom. The number of amides is 2. The lowest BCUT2D eigenvalue weighted by Gasteiger charge is -2.27. The summed E-state index contributed by atoms with van der Waals surface area (Å²) in [7, 11) is -1.48. The zero-order valence-electron chi connectivity index (χ0n) is 21.7. The van der Waals surface area contributed by atoms with Crippen LogP contribution in [0.3, 0.4) is 0 Å². The molecule has 8 heteroatoms. The molecule has 2 heterocycles. The van der Waals surface area contributed by atoms with E-state index in [9.17, 15) is 18.0 Å². The van der Waals surface area contributed by atoms with E-state index in [0.29, 0.717) is 25.8 Å². The van der Waals surface area contributed by atoms with E-state index >= 15 is 0 Å². The Hall–Kier alpha value is -2.09. The van der Waals surface area contributed by atoms with E-state index in [-0.39, 0.29) is 23.9 Å². The third kappa shape index (κ3) is 6.99. The molecule has 2 saturated heterocycles. The molecule has 1 aromatic carbocycles. The molecule has 3 atom stereocenters. The van der Waals surface area contributed by atoms with Crippen molar-refractivity contribution in [3.63, 3.8) is 0 Å². The van der Waals surface area contributed by atoms with Crippen LogP contribution in [0.25, 0.3) is 0 Å². The summed E-state index contributed by atoms with van der Waals surface area (Å²) >= 11 is 0. The van der Waals surface area contributed by atoms with Crippen molar-refractivity contribution in [1.82, 2.24) is 9.21 Å². The van der Waals surface area contributed by atoms with E-state index in [0.717, 1.165) is 42.8 Å². The number of fused-ring (bicyclic) bond motifs is 1. The lowest BCUT2D eigenvalue weighted by molar-refractivity contribution is -0.134. The zero-order valence-corrected chi connectivity index (χ0v) is 22.5. The van der Waals surface area contributed by atoms with Crippen molar-refractivity contribution in [3.05, 3.63) is 30.3 Å². The fourth-order valence-electron chi connectivity index (χ4n) is 5.78. The van der Waals surface area contributed by atoms with Crippen LogP contribution >= 0.6 is 0 Å². The Kier molecular flexibility index (Phi) is 10.0. The van der Waals surface area contributed by atoms with Crippen LogP contribution in [0.1, 0.15) is 77.6 Å². The highest BCUT2D eigenvalue weighted by Crippen LogP contribution is 2.40. The van der Waals surface area contributed by atoms with E-state index in [1.807, 2.05) is 17.9 Å². The second kappa shape index (κ2) is 12.7. The van der Waals surface area contributed by atoms with Gasteiger partial charge >= 0.3 is 0 Å². The van der Waals surface area contributed by atoms with Crippen molar-refractivity contribution >= 4 is 27.5 Å². The molecule has 0 unspecified atom stereocenters. The topological polar surface area (TPSA) is 78.0 Å². The number of benzene rings is 1. The molecule has 0 aliphatic carbocycles. The first-order valence-electron chi connectivity index (χ1n) is 13.3. The van der Waals surface area contributed by atoms with Gasteiger partial charge in [0.25, 0.3) is 0 Å². The van der Waals surface area contributed by atoms with Crippen LogP contribution in [0.4, 0.5) is 5.69 Å². The number of sulfonamides is 1. The van der Waals surface area contributed by atoms with Crippen LogP contribution in [-0.4, -0.2) is 67.9 Å². The highest BCUT2D eigenvalue weighted by atomic mass is 32.2. The Morgan fingerprint density at radius 3 is 2.29 bits per heavy atom. The molecule has 1 aromatic rings. The first-order chi connectivity index (χ1) is 16.8.